The number of benzene rings is 1. The van der Waals surface area contributed by atoms with Crippen LogP contribution in [0.15, 0.2) is 47.6 Å². The van der Waals surface area contributed by atoms with Gasteiger partial charge in [-0.25, -0.2) is 0 Å². The highest BCUT2D eigenvalue weighted by Crippen LogP contribution is 2.46. The van der Waals surface area contributed by atoms with E-state index in [0.29, 0.717) is 56.0 Å². The van der Waals surface area contributed by atoms with Crippen molar-refractivity contribution in [3.8, 4) is 5.75 Å². The van der Waals surface area contributed by atoms with Gasteiger partial charge in [-0.05, 0) is 87.3 Å². The lowest BCUT2D eigenvalue weighted by molar-refractivity contribution is 0.0552. The van der Waals surface area contributed by atoms with E-state index in [1.807, 2.05) is 6.07 Å². The molecule has 0 aliphatic heterocycles. The third-order valence-electron chi connectivity index (χ3n) is 7.53. The highest BCUT2D eigenvalue weighted by Gasteiger charge is 2.33. The Hall–Kier alpha value is -1.62. The van der Waals surface area contributed by atoms with Gasteiger partial charge in [0.1, 0.15) is 5.75 Å². The summed E-state index contributed by atoms with van der Waals surface area (Å²) in [6.07, 6.45) is 8.24. The van der Waals surface area contributed by atoms with Crippen molar-refractivity contribution in [2.45, 2.75) is 96.9 Å². The van der Waals surface area contributed by atoms with Crippen molar-refractivity contribution in [1.29, 1.82) is 0 Å². The molecule has 0 spiro atoms. The molecule has 1 aromatic carbocycles. The maximum atomic E-state index is 10.0. The summed E-state index contributed by atoms with van der Waals surface area (Å²) in [5.74, 6) is 2.95. The van der Waals surface area contributed by atoms with E-state index >= 15 is 0 Å². The molecule has 0 bridgehead atoms. The predicted molar refractivity (Wildman–Crippen MR) is 134 cm³/mol. The first-order valence-electron chi connectivity index (χ1n) is 12.7. The fraction of sp³-hybridized carbons (Fsp3) is 0.655. The maximum Gasteiger partial charge on any atom is 0.119 e. The Labute approximate surface area is 200 Å². The van der Waals surface area contributed by atoms with Crippen LogP contribution in [-0.4, -0.2) is 39.7 Å². The van der Waals surface area contributed by atoms with Crippen LogP contribution in [0.2, 0.25) is 0 Å². The van der Waals surface area contributed by atoms with Crippen LogP contribution in [0.1, 0.15) is 84.6 Å². The molecule has 4 nitrogen and oxygen atoms in total. The van der Waals surface area contributed by atoms with Gasteiger partial charge in [0, 0.05) is 6.42 Å². The number of ether oxygens (including phenoxy) is 1. The predicted octanol–water partition coefficient (Wildman–Crippen LogP) is 5.77. The lowest BCUT2D eigenvalue weighted by Crippen LogP contribution is -2.27. The van der Waals surface area contributed by atoms with E-state index < -0.39 is 17.8 Å². The first-order valence-corrected chi connectivity index (χ1v) is 12.7. The van der Waals surface area contributed by atoms with Crippen LogP contribution >= 0.6 is 0 Å². The number of aliphatic hydroxyl groups excluding tert-OH is 2. The monoisotopic (exact) mass is 456 g/mol. The topological polar surface area (TPSA) is 69.9 Å². The average Bonchev–Trinajstić information content (AvgIpc) is 2.71. The summed E-state index contributed by atoms with van der Waals surface area (Å²) in [6.45, 7) is 11.1. The van der Waals surface area contributed by atoms with Gasteiger partial charge in [0.2, 0.25) is 0 Å². The molecular weight excluding hydrogens is 412 g/mol. The quantitative estimate of drug-likeness (QED) is 0.487. The van der Waals surface area contributed by atoms with E-state index in [0.717, 1.165) is 24.2 Å². The van der Waals surface area contributed by atoms with Crippen LogP contribution in [0.5, 0.6) is 5.75 Å². The first kappa shape index (κ1) is 26.0. The minimum atomic E-state index is -0.724. The van der Waals surface area contributed by atoms with Gasteiger partial charge >= 0.3 is 0 Å². The maximum absolute atomic E-state index is 10.0. The molecule has 1 aromatic rings. The molecule has 3 N–H and O–H groups in total. The minimum Gasteiger partial charge on any atom is -0.493 e. The van der Waals surface area contributed by atoms with Crippen molar-refractivity contribution in [3.63, 3.8) is 0 Å². The van der Waals surface area contributed by atoms with Gasteiger partial charge in [0.05, 0.1) is 24.4 Å². The van der Waals surface area contributed by atoms with Crippen molar-refractivity contribution < 1.29 is 20.1 Å². The lowest BCUT2D eigenvalue weighted by atomic mass is 9.66. The Kier molecular flexibility index (Phi) is 8.82. The molecule has 0 unspecified atom stereocenters. The zero-order valence-electron chi connectivity index (χ0n) is 21.1. The molecule has 0 amide bonds. The molecule has 0 saturated heterocycles. The van der Waals surface area contributed by atoms with Gasteiger partial charge in [0.15, 0.2) is 0 Å². The fourth-order valence-corrected chi connectivity index (χ4v) is 5.30. The van der Waals surface area contributed by atoms with Crippen LogP contribution in [0, 0.1) is 17.8 Å². The Morgan fingerprint density at radius 1 is 1.06 bits per heavy atom. The molecule has 2 fully saturated rings. The minimum absolute atomic E-state index is 0.418. The molecular formula is C29H44O4. The number of aliphatic hydroxyl groups is 3. The van der Waals surface area contributed by atoms with Crippen LogP contribution in [0.4, 0.5) is 0 Å². The van der Waals surface area contributed by atoms with Gasteiger partial charge < -0.3 is 20.1 Å². The molecule has 0 aromatic heterocycles. The standard InChI is InChI=1S/C29H44O4/c1-19(2)24-15-22(10-9-21-13-25(30)18-26(31)14-21)20(3)28(17-24)23-7-6-8-27(16-23)33-12-11-29(4,5)32/h6-10,16,19-20,24-26,28,30-32H,11-15,17-18H2,1-5H3/b22-10+/t20-,24+,25-,26-,28-/m1/s1. The summed E-state index contributed by atoms with van der Waals surface area (Å²) in [5, 5.41) is 30.0. The Balaban J connectivity index is 1.79. The van der Waals surface area contributed by atoms with E-state index in [2.05, 4.69) is 51.1 Å². The number of rotatable bonds is 7. The third kappa shape index (κ3) is 7.70. The first-order chi connectivity index (χ1) is 15.5. The fourth-order valence-electron chi connectivity index (χ4n) is 5.30. The highest BCUT2D eigenvalue weighted by atomic mass is 16.5. The Morgan fingerprint density at radius 3 is 2.39 bits per heavy atom. The molecule has 184 valence electrons. The van der Waals surface area contributed by atoms with Crippen molar-refractivity contribution in [2.24, 2.45) is 17.8 Å². The summed E-state index contributed by atoms with van der Waals surface area (Å²) < 4.78 is 5.97. The second-order valence-corrected chi connectivity index (χ2v) is 11.3. The van der Waals surface area contributed by atoms with E-state index in [9.17, 15) is 15.3 Å². The average molecular weight is 457 g/mol. The largest absolute Gasteiger partial charge is 0.493 e. The number of hydrogen-bond donors (Lipinski definition) is 3. The summed E-state index contributed by atoms with van der Waals surface area (Å²) >= 11 is 0. The number of allylic oxidation sites excluding steroid dienone is 3. The lowest BCUT2D eigenvalue weighted by Gasteiger charge is -2.39. The van der Waals surface area contributed by atoms with Crippen LogP contribution in [-0.2, 0) is 0 Å². The zero-order valence-corrected chi connectivity index (χ0v) is 21.1. The summed E-state index contributed by atoms with van der Waals surface area (Å²) in [5.41, 5.74) is 3.20. The molecule has 4 heteroatoms. The van der Waals surface area contributed by atoms with E-state index in [-0.39, 0.29) is 0 Å². The highest BCUT2D eigenvalue weighted by molar-refractivity contribution is 5.34. The Morgan fingerprint density at radius 2 is 1.76 bits per heavy atom. The molecule has 0 radical (unpaired) electrons. The van der Waals surface area contributed by atoms with Gasteiger partial charge in [-0.15, -0.1) is 0 Å². The second kappa shape index (κ2) is 11.2. The van der Waals surface area contributed by atoms with E-state index in [1.54, 1.807) is 13.8 Å². The summed E-state index contributed by atoms with van der Waals surface area (Å²) in [7, 11) is 0. The molecule has 0 heterocycles. The van der Waals surface area contributed by atoms with Gasteiger partial charge in [0.25, 0.3) is 0 Å². The second-order valence-electron chi connectivity index (χ2n) is 11.3. The number of hydrogen-bond acceptors (Lipinski definition) is 4. The zero-order chi connectivity index (χ0) is 24.2. The van der Waals surface area contributed by atoms with Crippen molar-refractivity contribution in [1.82, 2.24) is 0 Å². The van der Waals surface area contributed by atoms with Crippen molar-refractivity contribution >= 4 is 0 Å². The van der Waals surface area contributed by atoms with Gasteiger partial charge in [-0.2, -0.15) is 0 Å². The SMILES string of the molecule is CC(C)[C@H]1C/C(=C\C=C2C[C@@H](O)C[C@H](O)C2)[C@@H](C)[C@H](c2cccc(OCCC(C)(C)O)c2)C1. The van der Waals surface area contributed by atoms with E-state index in [1.165, 1.54) is 11.1 Å². The molecule has 2 saturated carbocycles. The van der Waals surface area contributed by atoms with Gasteiger partial charge in [-0.1, -0.05) is 56.2 Å². The molecule has 2 aliphatic rings. The third-order valence-corrected chi connectivity index (χ3v) is 7.53. The van der Waals surface area contributed by atoms with Crippen LogP contribution in [0.3, 0.4) is 0 Å². The normalized spacial score (nSPS) is 30.0. The van der Waals surface area contributed by atoms with Crippen molar-refractivity contribution in [2.75, 3.05) is 6.61 Å². The summed E-state index contributed by atoms with van der Waals surface area (Å²) in [6, 6.07) is 8.48. The van der Waals surface area contributed by atoms with Crippen molar-refractivity contribution in [3.05, 3.63) is 53.1 Å². The molecule has 2 aliphatic carbocycles. The molecule has 3 rings (SSSR count). The summed E-state index contributed by atoms with van der Waals surface area (Å²) in [4.78, 5) is 0. The molecule has 5 atom stereocenters. The van der Waals surface area contributed by atoms with Crippen LogP contribution in [0.25, 0.3) is 0 Å². The smallest absolute Gasteiger partial charge is 0.119 e. The van der Waals surface area contributed by atoms with E-state index in [4.69, 9.17) is 4.74 Å². The Bertz CT molecular complexity index is 820. The molecule has 33 heavy (non-hydrogen) atoms. The van der Waals surface area contributed by atoms with Crippen LogP contribution < -0.4 is 4.74 Å². The van der Waals surface area contributed by atoms with Gasteiger partial charge in [-0.3, -0.25) is 0 Å².